The highest BCUT2D eigenvalue weighted by Gasteiger charge is 2.17. The molecule has 1 aromatic heterocycles. The van der Waals surface area contributed by atoms with Gasteiger partial charge in [-0.1, -0.05) is 44.7 Å². The molecule has 0 aliphatic heterocycles. The Morgan fingerprint density at radius 1 is 1.05 bits per heavy atom. The molecule has 0 saturated heterocycles. The smallest absolute Gasteiger partial charge is 0.191 e. The van der Waals surface area contributed by atoms with Crippen molar-refractivity contribution in [3.05, 3.63) is 40.2 Å². The molecule has 1 heterocycles. The molecule has 22 heavy (non-hydrogen) atoms. The van der Waals surface area contributed by atoms with Crippen LogP contribution in [0.2, 0.25) is 0 Å². The topological polar surface area (TPSA) is 30.7 Å². The van der Waals surface area contributed by atoms with Gasteiger partial charge >= 0.3 is 0 Å². The maximum atomic E-state index is 4.29. The number of aromatic nitrogens is 3. The van der Waals surface area contributed by atoms with Crippen molar-refractivity contribution < 1.29 is 0 Å². The molecule has 0 bridgehead atoms. The van der Waals surface area contributed by atoms with Crippen molar-refractivity contribution in [3.63, 3.8) is 0 Å². The number of hydrogen-bond acceptors (Lipinski definition) is 3. The number of nitrogens with zero attached hydrogens (tertiary/aromatic N) is 3. The summed E-state index contributed by atoms with van der Waals surface area (Å²) in [6.07, 6.45) is 0. The zero-order valence-corrected chi connectivity index (χ0v) is 15.6. The molecule has 3 nitrogen and oxygen atoms in total. The Morgan fingerprint density at radius 3 is 2.14 bits per heavy atom. The third-order valence-corrected chi connectivity index (χ3v) is 5.12. The number of hydrogen-bond donors (Lipinski definition) is 0. The van der Waals surface area contributed by atoms with Crippen molar-refractivity contribution in [1.29, 1.82) is 0 Å². The molecule has 0 aliphatic rings. The van der Waals surface area contributed by atoms with Gasteiger partial charge in [0.25, 0.3) is 0 Å². The van der Waals surface area contributed by atoms with Gasteiger partial charge in [0.05, 0.1) is 0 Å². The number of aryl methyl sites for hydroxylation is 3. The van der Waals surface area contributed by atoms with Gasteiger partial charge in [-0.3, -0.25) is 0 Å². The van der Waals surface area contributed by atoms with E-state index in [9.17, 15) is 0 Å². The lowest BCUT2D eigenvalue weighted by Crippen LogP contribution is -2.12. The maximum Gasteiger partial charge on any atom is 0.191 e. The summed E-state index contributed by atoms with van der Waals surface area (Å²) in [6, 6.07) is 4.66. The second-order valence-electron chi connectivity index (χ2n) is 6.90. The van der Waals surface area contributed by atoms with Gasteiger partial charge in [-0.15, -0.1) is 10.2 Å². The van der Waals surface area contributed by atoms with Gasteiger partial charge in [-0.2, -0.15) is 0 Å². The van der Waals surface area contributed by atoms with E-state index in [1.165, 1.54) is 22.3 Å². The normalized spacial score (nSPS) is 12.0. The quantitative estimate of drug-likeness (QED) is 0.758. The van der Waals surface area contributed by atoms with Crippen LogP contribution in [0.15, 0.2) is 17.3 Å². The molecular formula is C18H27N3S. The number of benzene rings is 1. The highest BCUT2D eigenvalue weighted by atomic mass is 32.2. The second-order valence-corrected chi connectivity index (χ2v) is 7.84. The molecule has 0 atom stereocenters. The van der Waals surface area contributed by atoms with E-state index >= 15 is 0 Å². The van der Waals surface area contributed by atoms with Gasteiger partial charge in [0.15, 0.2) is 5.16 Å². The predicted octanol–water partition coefficient (Wildman–Crippen LogP) is 4.81. The Labute approximate surface area is 138 Å². The van der Waals surface area contributed by atoms with Crippen LogP contribution < -0.4 is 0 Å². The highest BCUT2D eigenvalue weighted by molar-refractivity contribution is 7.98. The van der Waals surface area contributed by atoms with Crippen LogP contribution in [0.1, 0.15) is 55.8 Å². The van der Waals surface area contributed by atoms with Crippen LogP contribution in [-0.4, -0.2) is 14.8 Å². The fraction of sp³-hybridized carbons (Fsp3) is 0.556. The van der Waals surface area contributed by atoms with Crippen LogP contribution in [0.5, 0.6) is 0 Å². The molecule has 0 aliphatic carbocycles. The molecule has 0 saturated carbocycles. The van der Waals surface area contributed by atoms with E-state index in [-0.39, 0.29) is 5.41 Å². The third kappa shape index (κ3) is 3.54. The predicted molar refractivity (Wildman–Crippen MR) is 94.6 cm³/mol. The first-order valence-corrected chi connectivity index (χ1v) is 8.85. The lowest BCUT2D eigenvalue weighted by atomic mass is 9.84. The fourth-order valence-electron chi connectivity index (χ4n) is 2.62. The van der Waals surface area contributed by atoms with Gasteiger partial charge in [-0.05, 0) is 55.4 Å². The van der Waals surface area contributed by atoms with E-state index < -0.39 is 0 Å². The summed E-state index contributed by atoms with van der Waals surface area (Å²) in [6.45, 7) is 16.3. The second kappa shape index (κ2) is 6.45. The van der Waals surface area contributed by atoms with Crippen molar-refractivity contribution in [1.82, 2.24) is 14.8 Å². The Bertz CT molecular complexity index is 642. The average molecular weight is 318 g/mol. The number of thioether (sulfide) groups is 1. The summed E-state index contributed by atoms with van der Waals surface area (Å²) in [5.41, 5.74) is 5.76. The lowest BCUT2D eigenvalue weighted by molar-refractivity contribution is 0.589. The van der Waals surface area contributed by atoms with E-state index in [4.69, 9.17) is 0 Å². The summed E-state index contributed by atoms with van der Waals surface area (Å²) in [7, 11) is 0. The Morgan fingerprint density at radius 2 is 1.64 bits per heavy atom. The van der Waals surface area contributed by atoms with E-state index in [1.54, 1.807) is 11.8 Å². The SMILES string of the molecule is CCn1c(C)nnc1SCc1c(C)cc(C(C)(C)C)cc1C. The van der Waals surface area contributed by atoms with Gasteiger partial charge in [0.1, 0.15) is 5.82 Å². The van der Waals surface area contributed by atoms with Crippen LogP contribution >= 0.6 is 11.8 Å². The van der Waals surface area contributed by atoms with E-state index in [0.29, 0.717) is 0 Å². The first-order chi connectivity index (χ1) is 10.2. The van der Waals surface area contributed by atoms with Gasteiger partial charge < -0.3 is 4.57 Å². The average Bonchev–Trinajstić information content (AvgIpc) is 2.77. The zero-order chi connectivity index (χ0) is 16.5. The summed E-state index contributed by atoms with van der Waals surface area (Å²) < 4.78 is 2.17. The molecule has 0 spiro atoms. The summed E-state index contributed by atoms with van der Waals surface area (Å²) in [4.78, 5) is 0. The van der Waals surface area contributed by atoms with Crippen molar-refractivity contribution in [2.24, 2.45) is 0 Å². The largest absolute Gasteiger partial charge is 0.307 e. The summed E-state index contributed by atoms with van der Waals surface area (Å²) >= 11 is 1.78. The molecule has 0 radical (unpaired) electrons. The standard InChI is InChI=1S/C18H27N3S/c1-8-21-14(4)19-20-17(21)22-11-16-12(2)9-15(10-13(16)3)18(5,6)7/h9-10H,8,11H2,1-7H3. The first-order valence-electron chi connectivity index (χ1n) is 7.87. The minimum atomic E-state index is 0.195. The van der Waals surface area contributed by atoms with Gasteiger partial charge in [0, 0.05) is 12.3 Å². The minimum Gasteiger partial charge on any atom is -0.307 e. The molecule has 0 fully saturated rings. The molecule has 2 rings (SSSR count). The Kier molecular flexibility index (Phi) is 5.00. The molecule has 2 aromatic rings. The maximum absolute atomic E-state index is 4.29. The molecule has 0 N–H and O–H groups in total. The lowest BCUT2D eigenvalue weighted by Gasteiger charge is -2.22. The third-order valence-electron chi connectivity index (χ3n) is 4.13. The zero-order valence-electron chi connectivity index (χ0n) is 14.8. The minimum absolute atomic E-state index is 0.195. The highest BCUT2D eigenvalue weighted by Crippen LogP contribution is 2.30. The van der Waals surface area contributed by atoms with E-state index in [0.717, 1.165) is 23.3 Å². The van der Waals surface area contributed by atoms with Crippen molar-refractivity contribution in [3.8, 4) is 0 Å². The number of rotatable bonds is 4. The van der Waals surface area contributed by atoms with Crippen molar-refractivity contribution >= 4 is 11.8 Å². The fourth-order valence-corrected chi connectivity index (χ4v) is 3.87. The van der Waals surface area contributed by atoms with Crippen LogP contribution in [-0.2, 0) is 17.7 Å². The molecule has 1 aromatic carbocycles. The van der Waals surface area contributed by atoms with Crippen molar-refractivity contribution in [2.75, 3.05) is 0 Å². The summed E-state index contributed by atoms with van der Waals surface area (Å²) in [5, 5.41) is 9.49. The molecule has 0 unspecified atom stereocenters. The molecule has 4 heteroatoms. The molecule has 120 valence electrons. The molecular weight excluding hydrogens is 290 g/mol. The summed E-state index contributed by atoms with van der Waals surface area (Å²) in [5.74, 6) is 1.93. The first kappa shape index (κ1) is 17.1. The van der Waals surface area contributed by atoms with Crippen molar-refractivity contribution in [2.45, 2.75) is 71.3 Å². The molecule has 0 amide bonds. The van der Waals surface area contributed by atoms with Crippen LogP contribution in [0.4, 0.5) is 0 Å². The van der Waals surface area contributed by atoms with E-state index in [2.05, 4.69) is 68.4 Å². The van der Waals surface area contributed by atoms with Gasteiger partial charge in [0.2, 0.25) is 0 Å². The van der Waals surface area contributed by atoms with Gasteiger partial charge in [-0.25, -0.2) is 0 Å². The Hall–Kier alpha value is -1.29. The van der Waals surface area contributed by atoms with E-state index in [1.807, 2.05) is 6.92 Å². The van der Waals surface area contributed by atoms with Crippen LogP contribution in [0, 0.1) is 20.8 Å². The van der Waals surface area contributed by atoms with Crippen LogP contribution in [0.25, 0.3) is 0 Å². The monoisotopic (exact) mass is 317 g/mol. The Balaban J connectivity index is 2.23. The van der Waals surface area contributed by atoms with Crippen LogP contribution in [0.3, 0.4) is 0 Å².